The van der Waals surface area contributed by atoms with Crippen molar-refractivity contribution < 1.29 is 19.3 Å². The summed E-state index contributed by atoms with van der Waals surface area (Å²) in [6, 6.07) is 3.95. The molecule has 1 aromatic rings. The van der Waals surface area contributed by atoms with E-state index in [0.29, 0.717) is 19.1 Å². The Morgan fingerprint density at radius 1 is 1.05 bits per heavy atom. The molecule has 4 nitrogen and oxygen atoms in total. The molecule has 4 heteroatoms. The third-order valence-corrected chi connectivity index (χ3v) is 3.17. The molecule has 0 fully saturated rings. The Kier molecular flexibility index (Phi) is 8.05. The van der Waals surface area contributed by atoms with Crippen molar-refractivity contribution in [2.24, 2.45) is 5.92 Å². The van der Waals surface area contributed by atoms with Crippen molar-refractivity contribution in [2.45, 2.75) is 26.6 Å². The predicted octanol–water partition coefficient (Wildman–Crippen LogP) is 3.07. The molecule has 0 bridgehead atoms. The van der Waals surface area contributed by atoms with Gasteiger partial charge in [0.25, 0.3) is 0 Å². The molecule has 1 N–H and O–H groups in total. The molecule has 0 aromatic heterocycles. The van der Waals surface area contributed by atoms with Crippen molar-refractivity contribution in [3.8, 4) is 5.75 Å². The third-order valence-electron chi connectivity index (χ3n) is 3.17. The summed E-state index contributed by atoms with van der Waals surface area (Å²) in [6.07, 6.45) is 5.08. The fourth-order valence-electron chi connectivity index (χ4n) is 2.24. The van der Waals surface area contributed by atoms with Crippen LogP contribution in [0, 0.1) is 5.92 Å². The van der Waals surface area contributed by atoms with Crippen LogP contribution in [0.25, 0.3) is 0 Å². The standard InChI is InChI=1S/C17H26O4/c1-13(10-19-2)6-5-7-14-8-15(11-20-3)17(18)16(9-14)12-21-4/h5-6,8-9,13,18H,7,10-12H2,1-4H3/b6-5+. The van der Waals surface area contributed by atoms with Crippen molar-refractivity contribution >= 4 is 0 Å². The SMILES string of the molecule is COCc1cc(C/C=C/C(C)COC)cc(COC)c1O. The minimum absolute atomic E-state index is 0.263. The number of aromatic hydroxyl groups is 1. The first-order valence-corrected chi connectivity index (χ1v) is 7.09. The van der Waals surface area contributed by atoms with Crippen LogP contribution in [0.15, 0.2) is 24.3 Å². The molecule has 1 atom stereocenters. The highest BCUT2D eigenvalue weighted by Gasteiger charge is 2.09. The molecule has 0 aliphatic heterocycles. The molecule has 0 heterocycles. The molecule has 0 amide bonds. The van der Waals surface area contributed by atoms with Gasteiger partial charge in [0.15, 0.2) is 0 Å². The smallest absolute Gasteiger partial charge is 0.126 e. The van der Waals surface area contributed by atoms with Gasteiger partial charge in [-0.2, -0.15) is 0 Å². The van der Waals surface area contributed by atoms with E-state index in [0.717, 1.165) is 29.7 Å². The maximum Gasteiger partial charge on any atom is 0.126 e. The Labute approximate surface area is 127 Å². The molecule has 118 valence electrons. The van der Waals surface area contributed by atoms with Crippen LogP contribution in [0.5, 0.6) is 5.75 Å². The van der Waals surface area contributed by atoms with E-state index in [9.17, 15) is 5.11 Å². The molecule has 1 aromatic carbocycles. The first kappa shape index (κ1) is 17.7. The van der Waals surface area contributed by atoms with E-state index < -0.39 is 0 Å². The van der Waals surface area contributed by atoms with E-state index in [1.54, 1.807) is 21.3 Å². The van der Waals surface area contributed by atoms with Crippen molar-refractivity contribution in [1.29, 1.82) is 0 Å². The Bertz CT molecular complexity index is 427. The number of ether oxygens (including phenoxy) is 3. The summed E-state index contributed by atoms with van der Waals surface area (Å²) in [6.45, 7) is 3.61. The lowest BCUT2D eigenvalue weighted by atomic mass is 10.0. The van der Waals surface area contributed by atoms with Gasteiger partial charge in [-0.05, 0) is 30.0 Å². The average molecular weight is 294 g/mol. The maximum absolute atomic E-state index is 10.2. The zero-order valence-electron chi connectivity index (χ0n) is 13.4. The van der Waals surface area contributed by atoms with E-state index in [2.05, 4.69) is 19.1 Å². The van der Waals surface area contributed by atoms with Gasteiger partial charge in [-0.1, -0.05) is 19.1 Å². The molecular weight excluding hydrogens is 268 g/mol. The molecule has 0 radical (unpaired) electrons. The lowest BCUT2D eigenvalue weighted by Gasteiger charge is -2.12. The molecule has 21 heavy (non-hydrogen) atoms. The van der Waals surface area contributed by atoms with Gasteiger partial charge < -0.3 is 19.3 Å². The maximum atomic E-state index is 10.2. The third kappa shape index (κ3) is 5.87. The number of hydrogen-bond acceptors (Lipinski definition) is 4. The molecule has 0 saturated heterocycles. The van der Waals surface area contributed by atoms with Gasteiger partial charge in [-0.15, -0.1) is 0 Å². The molecule has 0 spiro atoms. The van der Waals surface area contributed by atoms with Crippen LogP contribution in [0.2, 0.25) is 0 Å². The van der Waals surface area contributed by atoms with Crippen LogP contribution < -0.4 is 0 Å². The highest BCUT2D eigenvalue weighted by molar-refractivity contribution is 5.43. The minimum atomic E-state index is 0.263. The van der Waals surface area contributed by atoms with Gasteiger partial charge in [0, 0.05) is 32.5 Å². The average Bonchev–Trinajstić information content (AvgIpc) is 2.44. The van der Waals surface area contributed by atoms with Crippen LogP contribution in [-0.2, 0) is 33.8 Å². The van der Waals surface area contributed by atoms with Crippen molar-refractivity contribution in [2.75, 3.05) is 27.9 Å². The summed E-state index contributed by atoms with van der Waals surface area (Å²) in [4.78, 5) is 0. The van der Waals surface area contributed by atoms with E-state index >= 15 is 0 Å². The number of hydrogen-bond donors (Lipinski definition) is 1. The predicted molar refractivity (Wildman–Crippen MR) is 83.4 cm³/mol. The topological polar surface area (TPSA) is 47.9 Å². The van der Waals surface area contributed by atoms with E-state index in [1.165, 1.54) is 0 Å². The summed E-state index contributed by atoms with van der Waals surface area (Å²) < 4.78 is 15.4. The Morgan fingerprint density at radius 3 is 2.10 bits per heavy atom. The van der Waals surface area contributed by atoms with Crippen LogP contribution in [0.1, 0.15) is 23.6 Å². The van der Waals surface area contributed by atoms with E-state index in [-0.39, 0.29) is 5.75 Å². The van der Waals surface area contributed by atoms with Crippen LogP contribution in [0.4, 0.5) is 0 Å². The molecule has 0 aliphatic rings. The van der Waals surface area contributed by atoms with Crippen LogP contribution in [0.3, 0.4) is 0 Å². The molecule has 0 saturated carbocycles. The normalized spacial score (nSPS) is 13.0. The Balaban J connectivity index is 2.85. The van der Waals surface area contributed by atoms with Gasteiger partial charge in [-0.25, -0.2) is 0 Å². The van der Waals surface area contributed by atoms with Gasteiger partial charge in [0.05, 0.1) is 19.8 Å². The minimum Gasteiger partial charge on any atom is -0.507 e. The monoisotopic (exact) mass is 294 g/mol. The fourth-order valence-corrected chi connectivity index (χ4v) is 2.24. The van der Waals surface area contributed by atoms with Crippen molar-refractivity contribution in [3.63, 3.8) is 0 Å². The Hall–Kier alpha value is -1.36. The number of benzene rings is 1. The van der Waals surface area contributed by atoms with Gasteiger partial charge >= 0.3 is 0 Å². The van der Waals surface area contributed by atoms with Crippen molar-refractivity contribution in [3.05, 3.63) is 41.0 Å². The number of allylic oxidation sites excluding steroid dienone is 1. The van der Waals surface area contributed by atoms with Crippen LogP contribution >= 0.6 is 0 Å². The second-order valence-corrected chi connectivity index (χ2v) is 5.19. The van der Waals surface area contributed by atoms with Gasteiger partial charge in [0.2, 0.25) is 0 Å². The van der Waals surface area contributed by atoms with E-state index in [4.69, 9.17) is 14.2 Å². The largest absolute Gasteiger partial charge is 0.507 e. The zero-order valence-corrected chi connectivity index (χ0v) is 13.4. The fraction of sp³-hybridized carbons (Fsp3) is 0.529. The summed E-state index contributed by atoms with van der Waals surface area (Å²) in [5.41, 5.74) is 2.72. The summed E-state index contributed by atoms with van der Waals surface area (Å²) in [5, 5.41) is 10.2. The summed E-state index contributed by atoms with van der Waals surface area (Å²) in [5.74, 6) is 0.656. The lowest BCUT2D eigenvalue weighted by Crippen LogP contribution is -2.00. The second kappa shape index (κ2) is 9.55. The quantitative estimate of drug-likeness (QED) is 0.711. The molecule has 1 rings (SSSR count). The van der Waals surface area contributed by atoms with Gasteiger partial charge in [0.1, 0.15) is 5.75 Å². The highest BCUT2D eigenvalue weighted by atomic mass is 16.5. The zero-order chi connectivity index (χ0) is 15.7. The molecular formula is C17H26O4. The first-order valence-electron chi connectivity index (χ1n) is 7.09. The summed E-state index contributed by atoms with van der Waals surface area (Å²) >= 11 is 0. The van der Waals surface area contributed by atoms with Crippen LogP contribution in [-0.4, -0.2) is 33.0 Å². The molecule has 1 unspecified atom stereocenters. The Morgan fingerprint density at radius 2 is 1.62 bits per heavy atom. The number of phenolic OH excluding ortho intramolecular Hbond substituents is 1. The number of rotatable bonds is 9. The highest BCUT2D eigenvalue weighted by Crippen LogP contribution is 2.26. The van der Waals surface area contributed by atoms with Crippen molar-refractivity contribution in [1.82, 2.24) is 0 Å². The summed E-state index contributed by atoms with van der Waals surface area (Å²) in [7, 11) is 4.95. The van der Waals surface area contributed by atoms with Gasteiger partial charge in [-0.3, -0.25) is 0 Å². The second-order valence-electron chi connectivity index (χ2n) is 5.19. The number of methoxy groups -OCH3 is 3. The van der Waals surface area contributed by atoms with E-state index in [1.807, 2.05) is 12.1 Å². The number of phenols is 1. The first-order chi connectivity index (χ1) is 10.1. The lowest BCUT2D eigenvalue weighted by molar-refractivity contribution is 0.174. The molecule has 0 aliphatic carbocycles.